The van der Waals surface area contributed by atoms with Gasteiger partial charge in [-0.05, 0) is 61.4 Å². The SMILES string of the molecule is O=C(O)COc1ccc(CN2CCCC(CCc3ccccc3)C2)cc1. The Bertz CT molecular complexity index is 684. The van der Waals surface area contributed by atoms with E-state index in [1.54, 1.807) is 0 Å². The molecule has 2 aromatic rings. The lowest BCUT2D eigenvalue weighted by Gasteiger charge is -2.33. The molecule has 0 saturated carbocycles. The molecule has 0 aliphatic carbocycles. The van der Waals surface area contributed by atoms with Crippen molar-refractivity contribution in [3.05, 3.63) is 65.7 Å². The Kier molecular flexibility index (Phi) is 6.67. The van der Waals surface area contributed by atoms with Crippen molar-refractivity contribution in [2.24, 2.45) is 5.92 Å². The highest BCUT2D eigenvalue weighted by molar-refractivity contribution is 5.68. The third-order valence-corrected chi connectivity index (χ3v) is 4.98. The summed E-state index contributed by atoms with van der Waals surface area (Å²) in [7, 11) is 0. The van der Waals surface area contributed by atoms with Gasteiger partial charge in [-0.2, -0.15) is 0 Å². The monoisotopic (exact) mass is 353 g/mol. The van der Waals surface area contributed by atoms with Gasteiger partial charge >= 0.3 is 5.97 Å². The van der Waals surface area contributed by atoms with E-state index in [1.165, 1.54) is 30.4 Å². The van der Waals surface area contributed by atoms with Crippen LogP contribution in [0.5, 0.6) is 5.75 Å². The van der Waals surface area contributed by atoms with Gasteiger partial charge in [-0.25, -0.2) is 4.79 Å². The molecule has 0 spiro atoms. The Labute approximate surface area is 155 Å². The molecule has 3 rings (SSSR count). The molecule has 138 valence electrons. The maximum absolute atomic E-state index is 10.5. The zero-order valence-electron chi connectivity index (χ0n) is 15.1. The third kappa shape index (κ3) is 5.88. The molecular formula is C22H27NO3. The summed E-state index contributed by atoms with van der Waals surface area (Å²) >= 11 is 0. The summed E-state index contributed by atoms with van der Waals surface area (Å²) in [5.74, 6) is 0.418. The number of rotatable bonds is 8. The second kappa shape index (κ2) is 9.39. The summed E-state index contributed by atoms with van der Waals surface area (Å²) in [6.07, 6.45) is 5.00. The fourth-order valence-electron chi connectivity index (χ4n) is 3.64. The zero-order valence-corrected chi connectivity index (χ0v) is 15.1. The third-order valence-electron chi connectivity index (χ3n) is 4.98. The Morgan fingerprint density at radius 2 is 1.85 bits per heavy atom. The van der Waals surface area contributed by atoms with Gasteiger partial charge in [-0.1, -0.05) is 42.5 Å². The van der Waals surface area contributed by atoms with Crippen LogP contribution < -0.4 is 4.74 Å². The molecule has 1 saturated heterocycles. The van der Waals surface area contributed by atoms with E-state index in [2.05, 4.69) is 35.2 Å². The molecule has 0 amide bonds. The normalized spacial score (nSPS) is 17.8. The number of carbonyl (C=O) groups is 1. The van der Waals surface area contributed by atoms with Crippen molar-refractivity contribution in [2.45, 2.75) is 32.2 Å². The van der Waals surface area contributed by atoms with Crippen LogP contribution in [-0.2, 0) is 17.8 Å². The minimum absolute atomic E-state index is 0.297. The highest BCUT2D eigenvalue weighted by Crippen LogP contribution is 2.23. The van der Waals surface area contributed by atoms with E-state index in [9.17, 15) is 4.79 Å². The van der Waals surface area contributed by atoms with E-state index in [0.29, 0.717) is 5.75 Å². The topological polar surface area (TPSA) is 49.8 Å². The molecule has 0 aromatic heterocycles. The average Bonchev–Trinajstić information content (AvgIpc) is 2.67. The smallest absolute Gasteiger partial charge is 0.341 e. The van der Waals surface area contributed by atoms with Crippen molar-refractivity contribution < 1.29 is 14.6 Å². The van der Waals surface area contributed by atoms with Crippen LogP contribution in [0.25, 0.3) is 0 Å². The average molecular weight is 353 g/mol. The van der Waals surface area contributed by atoms with Crippen LogP contribution in [0.1, 0.15) is 30.4 Å². The summed E-state index contributed by atoms with van der Waals surface area (Å²) in [6.45, 7) is 2.96. The molecule has 1 N–H and O–H groups in total. The van der Waals surface area contributed by atoms with E-state index in [4.69, 9.17) is 9.84 Å². The highest BCUT2D eigenvalue weighted by Gasteiger charge is 2.19. The van der Waals surface area contributed by atoms with Gasteiger partial charge < -0.3 is 9.84 Å². The van der Waals surface area contributed by atoms with Crippen LogP contribution in [0.4, 0.5) is 0 Å². The lowest BCUT2D eigenvalue weighted by atomic mass is 9.91. The summed E-state index contributed by atoms with van der Waals surface area (Å²) < 4.78 is 5.19. The number of aryl methyl sites for hydroxylation is 1. The van der Waals surface area contributed by atoms with Gasteiger partial charge in [0.2, 0.25) is 0 Å². The molecule has 0 bridgehead atoms. The van der Waals surface area contributed by atoms with Crippen LogP contribution in [0.3, 0.4) is 0 Å². The van der Waals surface area contributed by atoms with Gasteiger partial charge in [0.25, 0.3) is 0 Å². The number of piperidine rings is 1. The molecule has 1 heterocycles. The van der Waals surface area contributed by atoms with Crippen molar-refractivity contribution in [3.8, 4) is 5.75 Å². The first kappa shape index (κ1) is 18.5. The fourth-order valence-corrected chi connectivity index (χ4v) is 3.64. The lowest BCUT2D eigenvalue weighted by molar-refractivity contribution is -0.139. The Morgan fingerprint density at radius 3 is 2.58 bits per heavy atom. The van der Waals surface area contributed by atoms with Crippen LogP contribution in [0.2, 0.25) is 0 Å². The first-order chi connectivity index (χ1) is 12.7. The molecule has 26 heavy (non-hydrogen) atoms. The quantitative estimate of drug-likeness (QED) is 0.779. The minimum Gasteiger partial charge on any atom is -0.482 e. The summed E-state index contributed by atoms with van der Waals surface area (Å²) in [5, 5.41) is 8.66. The van der Waals surface area contributed by atoms with Crippen molar-refractivity contribution in [3.63, 3.8) is 0 Å². The number of benzene rings is 2. The number of carboxylic acids is 1. The fraction of sp³-hybridized carbons (Fsp3) is 0.409. The molecule has 4 heteroatoms. The van der Waals surface area contributed by atoms with Crippen LogP contribution >= 0.6 is 0 Å². The maximum atomic E-state index is 10.5. The van der Waals surface area contributed by atoms with Gasteiger partial charge in [-0.3, -0.25) is 4.90 Å². The number of aliphatic carboxylic acids is 1. The van der Waals surface area contributed by atoms with Crippen molar-refractivity contribution in [1.29, 1.82) is 0 Å². The molecule has 1 unspecified atom stereocenters. The van der Waals surface area contributed by atoms with Crippen LogP contribution in [0.15, 0.2) is 54.6 Å². The van der Waals surface area contributed by atoms with Crippen molar-refractivity contribution >= 4 is 5.97 Å². The zero-order chi connectivity index (χ0) is 18.2. The van der Waals surface area contributed by atoms with Crippen molar-refractivity contribution in [2.75, 3.05) is 19.7 Å². The predicted molar refractivity (Wildman–Crippen MR) is 102 cm³/mol. The Hall–Kier alpha value is -2.33. The number of ether oxygens (including phenoxy) is 1. The van der Waals surface area contributed by atoms with Gasteiger partial charge in [0.15, 0.2) is 6.61 Å². The molecule has 2 aromatic carbocycles. The molecule has 4 nitrogen and oxygen atoms in total. The van der Waals surface area contributed by atoms with Crippen molar-refractivity contribution in [1.82, 2.24) is 4.90 Å². The van der Waals surface area contributed by atoms with Gasteiger partial charge in [0.05, 0.1) is 0 Å². The predicted octanol–water partition coefficient (Wildman–Crippen LogP) is 3.99. The van der Waals surface area contributed by atoms with E-state index < -0.39 is 5.97 Å². The summed E-state index contributed by atoms with van der Waals surface area (Å²) in [4.78, 5) is 13.1. The second-order valence-corrected chi connectivity index (χ2v) is 7.09. The lowest BCUT2D eigenvalue weighted by Crippen LogP contribution is -2.35. The minimum atomic E-state index is -0.955. The van der Waals surface area contributed by atoms with E-state index in [0.717, 1.165) is 32.0 Å². The first-order valence-corrected chi connectivity index (χ1v) is 9.39. The molecular weight excluding hydrogens is 326 g/mol. The number of likely N-dealkylation sites (tertiary alicyclic amines) is 1. The van der Waals surface area contributed by atoms with E-state index in [1.807, 2.05) is 24.3 Å². The molecule has 1 atom stereocenters. The largest absolute Gasteiger partial charge is 0.482 e. The van der Waals surface area contributed by atoms with E-state index >= 15 is 0 Å². The second-order valence-electron chi connectivity index (χ2n) is 7.09. The van der Waals surface area contributed by atoms with Gasteiger partial charge in [-0.15, -0.1) is 0 Å². The highest BCUT2D eigenvalue weighted by atomic mass is 16.5. The van der Waals surface area contributed by atoms with Gasteiger partial charge in [0, 0.05) is 13.1 Å². The molecule has 1 aliphatic heterocycles. The van der Waals surface area contributed by atoms with Crippen LogP contribution in [0, 0.1) is 5.92 Å². The molecule has 1 fully saturated rings. The Balaban J connectivity index is 1.46. The first-order valence-electron chi connectivity index (χ1n) is 9.39. The standard InChI is InChI=1S/C22H27NO3/c24-22(25)17-26-21-12-10-20(11-13-21)16-23-14-4-7-19(15-23)9-8-18-5-2-1-3-6-18/h1-3,5-6,10-13,19H,4,7-9,14-17H2,(H,24,25). The maximum Gasteiger partial charge on any atom is 0.341 e. The number of hydrogen-bond donors (Lipinski definition) is 1. The number of hydrogen-bond acceptors (Lipinski definition) is 3. The molecule has 1 aliphatic rings. The number of carboxylic acid groups (broad SMARTS) is 1. The number of nitrogens with zero attached hydrogens (tertiary/aromatic N) is 1. The molecule has 0 radical (unpaired) electrons. The Morgan fingerprint density at radius 1 is 1.08 bits per heavy atom. The summed E-state index contributed by atoms with van der Waals surface area (Å²) in [5.41, 5.74) is 2.68. The van der Waals surface area contributed by atoms with E-state index in [-0.39, 0.29) is 6.61 Å². The summed E-state index contributed by atoms with van der Waals surface area (Å²) in [6, 6.07) is 18.5. The van der Waals surface area contributed by atoms with Gasteiger partial charge in [0.1, 0.15) is 5.75 Å². The van der Waals surface area contributed by atoms with Crippen LogP contribution in [-0.4, -0.2) is 35.7 Å².